The highest BCUT2D eigenvalue weighted by Gasteiger charge is 2.22. The van der Waals surface area contributed by atoms with E-state index in [1.165, 1.54) is 43.2 Å². The Morgan fingerprint density at radius 1 is 1.11 bits per heavy atom. The third-order valence-corrected chi connectivity index (χ3v) is 4.31. The first-order chi connectivity index (χ1) is 8.93. The van der Waals surface area contributed by atoms with Gasteiger partial charge in [-0.3, -0.25) is 0 Å². The average Bonchev–Trinajstić information content (AvgIpc) is 2.46. The van der Waals surface area contributed by atoms with Crippen molar-refractivity contribution in [3.8, 4) is 0 Å². The van der Waals surface area contributed by atoms with Crippen LogP contribution in [0.5, 0.6) is 0 Å². The summed E-state index contributed by atoms with van der Waals surface area (Å²) in [6, 6.07) is 8.80. The van der Waals surface area contributed by atoms with Crippen LogP contribution in [0.4, 0.5) is 0 Å². The molecule has 0 spiro atoms. The van der Waals surface area contributed by atoms with E-state index in [-0.39, 0.29) is 0 Å². The molecule has 1 heterocycles. The minimum absolute atomic E-state index is 0.352. The van der Waals surface area contributed by atoms with E-state index in [4.69, 9.17) is 4.74 Å². The predicted molar refractivity (Wildman–Crippen MR) is 73.7 cm³/mol. The minimum atomic E-state index is 0.352. The molecule has 1 unspecified atom stereocenters. The van der Waals surface area contributed by atoms with Crippen LogP contribution in [-0.2, 0) is 11.2 Å². The summed E-state index contributed by atoms with van der Waals surface area (Å²) in [7, 11) is 0. The highest BCUT2D eigenvalue weighted by Crippen LogP contribution is 2.33. The molecule has 1 aliphatic carbocycles. The molecule has 2 heteroatoms. The maximum absolute atomic E-state index is 6.22. The van der Waals surface area contributed by atoms with Crippen molar-refractivity contribution in [1.29, 1.82) is 0 Å². The Bertz CT molecular complexity index is 384. The molecule has 1 N–H and O–H groups in total. The predicted octanol–water partition coefficient (Wildman–Crippen LogP) is 3.08. The molecule has 0 aromatic heterocycles. The Balaban J connectivity index is 1.60. The first-order valence-electron chi connectivity index (χ1n) is 7.33. The van der Waals surface area contributed by atoms with Crippen molar-refractivity contribution in [3.63, 3.8) is 0 Å². The van der Waals surface area contributed by atoms with Crippen molar-refractivity contribution < 1.29 is 4.74 Å². The largest absolute Gasteiger partial charge is 0.373 e. The molecular formula is C16H23NO. The van der Waals surface area contributed by atoms with Crippen molar-refractivity contribution >= 4 is 0 Å². The molecule has 1 fully saturated rings. The number of hydrogen-bond acceptors (Lipinski definition) is 2. The molecule has 2 aliphatic rings. The van der Waals surface area contributed by atoms with Crippen LogP contribution in [0.15, 0.2) is 24.3 Å². The Labute approximate surface area is 110 Å². The van der Waals surface area contributed by atoms with Crippen LogP contribution in [0.2, 0.25) is 0 Å². The fourth-order valence-electron chi connectivity index (χ4n) is 3.18. The first-order valence-corrected chi connectivity index (χ1v) is 7.33. The standard InChI is InChI=1S/C16H23NO/c1-2-6-15-14(4-1)5-3-7-16(15)18-12-13-8-10-17-11-9-13/h1-2,4,6,13,16-17H,3,5,7-12H2. The Hall–Kier alpha value is -0.860. The fraction of sp³-hybridized carbons (Fsp3) is 0.625. The molecule has 0 amide bonds. The zero-order valence-corrected chi connectivity index (χ0v) is 11.0. The number of fused-ring (bicyclic) bond motifs is 1. The minimum Gasteiger partial charge on any atom is -0.373 e. The lowest BCUT2D eigenvalue weighted by Gasteiger charge is -2.29. The van der Waals surface area contributed by atoms with E-state index in [9.17, 15) is 0 Å². The second-order valence-electron chi connectivity index (χ2n) is 5.61. The average molecular weight is 245 g/mol. The topological polar surface area (TPSA) is 21.3 Å². The second kappa shape index (κ2) is 5.85. The van der Waals surface area contributed by atoms with Gasteiger partial charge in [0, 0.05) is 0 Å². The number of piperidine rings is 1. The van der Waals surface area contributed by atoms with Gasteiger partial charge in [-0.1, -0.05) is 24.3 Å². The number of ether oxygens (including phenoxy) is 1. The summed E-state index contributed by atoms with van der Waals surface area (Å²) in [5, 5.41) is 3.41. The van der Waals surface area contributed by atoms with Crippen molar-refractivity contribution in [2.24, 2.45) is 5.92 Å². The zero-order chi connectivity index (χ0) is 12.2. The summed E-state index contributed by atoms with van der Waals surface area (Å²) in [6.07, 6.45) is 6.59. The summed E-state index contributed by atoms with van der Waals surface area (Å²) < 4.78 is 6.22. The van der Waals surface area contributed by atoms with Gasteiger partial charge in [0.25, 0.3) is 0 Å². The van der Waals surface area contributed by atoms with Crippen LogP contribution < -0.4 is 5.32 Å². The molecule has 1 saturated heterocycles. The van der Waals surface area contributed by atoms with E-state index >= 15 is 0 Å². The van der Waals surface area contributed by atoms with E-state index in [2.05, 4.69) is 29.6 Å². The maximum Gasteiger partial charge on any atom is 0.0827 e. The summed E-state index contributed by atoms with van der Waals surface area (Å²) in [4.78, 5) is 0. The van der Waals surface area contributed by atoms with Gasteiger partial charge >= 0.3 is 0 Å². The highest BCUT2D eigenvalue weighted by molar-refractivity contribution is 5.31. The smallest absolute Gasteiger partial charge is 0.0827 e. The van der Waals surface area contributed by atoms with Crippen molar-refractivity contribution in [2.45, 2.75) is 38.2 Å². The van der Waals surface area contributed by atoms with Gasteiger partial charge in [-0.2, -0.15) is 0 Å². The summed E-state index contributed by atoms with van der Waals surface area (Å²) in [5.41, 5.74) is 2.94. The lowest BCUT2D eigenvalue weighted by molar-refractivity contribution is 0.0117. The van der Waals surface area contributed by atoms with Crippen LogP contribution in [-0.4, -0.2) is 19.7 Å². The van der Waals surface area contributed by atoms with Crippen molar-refractivity contribution in [1.82, 2.24) is 5.32 Å². The Morgan fingerprint density at radius 3 is 2.83 bits per heavy atom. The van der Waals surface area contributed by atoms with Crippen LogP contribution in [0, 0.1) is 5.92 Å². The number of aryl methyl sites for hydroxylation is 1. The van der Waals surface area contributed by atoms with E-state index in [1.54, 1.807) is 0 Å². The molecule has 1 aliphatic heterocycles. The highest BCUT2D eigenvalue weighted by atomic mass is 16.5. The third kappa shape index (κ3) is 2.76. The van der Waals surface area contributed by atoms with Gasteiger partial charge < -0.3 is 10.1 Å². The number of rotatable bonds is 3. The molecule has 98 valence electrons. The van der Waals surface area contributed by atoms with Gasteiger partial charge in [0.15, 0.2) is 0 Å². The molecule has 0 radical (unpaired) electrons. The van der Waals surface area contributed by atoms with Gasteiger partial charge in [0.1, 0.15) is 0 Å². The van der Waals surface area contributed by atoms with Gasteiger partial charge in [0.2, 0.25) is 0 Å². The zero-order valence-electron chi connectivity index (χ0n) is 11.0. The Morgan fingerprint density at radius 2 is 1.94 bits per heavy atom. The van der Waals surface area contributed by atoms with Crippen LogP contribution in [0.1, 0.15) is 42.9 Å². The molecule has 18 heavy (non-hydrogen) atoms. The van der Waals surface area contributed by atoms with Gasteiger partial charge in [-0.05, 0) is 62.2 Å². The molecule has 1 aromatic rings. The summed E-state index contributed by atoms with van der Waals surface area (Å²) in [6.45, 7) is 3.27. The molecule has 0 saturated carbocycles. The van der Waals surface area contributed by atoms with E-state index in [1.807, 2.05) is 0 Å². The monoisotopic (exact) mass is 245 g/mol. The van der Waals surface area contributed by atoms with Crippen LogP contribution >= 0.6 is 0 Å². The molecule has 1 aromatic carbocycles. The molecule has 0 bridgehead atoms. The fourth-order valence-corrected chi connectivity index (χ4v) is 3.18. The van der Waals surface area contributed by atoms with Crippen molar-refractivity contribution in [2.75, 3.05) is 19.7 Å². The summed E-state index contributed by atoms with van der Waals surface area (Å²) in [5.74, 6) is 0.764. The van der Waals surface area contributed by atoms with E-state index in [0.717, 1.165) is 25.6 Å². The number of benzene rings is 1. The number of nitrogens with one attached hydrogen (secondary N) is 1. The van der Waals surface area contributed by atoms with E-state index in [0.29, 0.717) is 6.10 Å². The van der Waals surface area contributed by atoms with Gasteiger partial charge in [-0.25, -0.2) is 0 Å². The lowest BCUT2D eigenvalue weighted by atomic mass is 9.89. The van der Waals surface area contributed by atoms with Gasteiger partial charge in [-0.15, -0.1) is 0 Å². The molecule has 1 atom stereocenters. The normalized spacial score (nSPS) is 24.8. The lowest BCUT2D eigenvalue weighted by Crippen LogP contribution is -2.30. The summed E-state index contributed by atoms with van der Waals surface area (Å²) >= 11 is 0. The van der Waals surface area contributed by atoms with Gasteiger partial charge in [0.05, 0.1) is 12.7 Å². The van der Waals surface area contributed by atoms with Crippen LogP contribution in [0.25, 0.3) is 0 Å². The Kier molecular flexibility index (Phi) is 3.96. The second-order valence-corrected chi connectivity index (χ2v) is 5.61. The SMILES string of the molecule is c1ccc2c(c1)CCCC2OCC1CCNCC1. The molecule has 3 rings (SSSR count). The third-order valence-electron chi connectivity index (χ3n) is 4.31. The van der Waals surface area contributed by atoms with Crippen molar-refractivity contribution in [3.05, 3.63) is 35.4 Å². The first kappa shape index (κ1) is 12.2. The quantitative estimate of drug-likeness (QED) is 0.883. The molecular weight excluding hydrogens is 222 g/mol. The maximum atomic E-state index is 6.22. The number of hydrogen-bond donors (Lipinski definition) is 1. The van der Waals surface area contributed by atoms with E-state index < -0.39 is 0 Å². The molecule has 2 nitrogen and oxygen atoms in total. The van der Waals surface area contributed by atoms with Crippen LogP contribution in [0.3, 0.4) is 0 Å².